The number of nitriles is 1. The number of hydrogen-bond donors (Lipinski definition) is 1. The minimum Gasteiger partial charge on any atom is -0.367 e. The second-order valence-electron chi connectivity index (χ2n) is 6.96. The molecule has 0 saturated carbocycles. The second-order valence-corrected chi connectivity index (χ2v) is 6.96. The molecule has 4 nitrogen and oxygen atoms in total. The Hall–Kier alpha value is -3.06. The summed E-state index contributed by atoms with van der Waals surface area (Å²) in [6.45, 7) is 8.79. The summed E-state index contributed by atoms with van der Waals surface area (Å²) in [5.74, 6) is 0.601. The molecule has 3 rings (SSSR count). The first kappa shape index (κ1) is 17.8. The van der Waals surface area contributed by atoms with Crippen molar-refractivity contribution in [2.75, 3.05) is 4.90 Å². The van der Waals surface area contributed by atoms with Gasteiger partial charge in [0, 0.05) is 17.8 Å². The van der Waals surface area contributed by atoms with Crippen molar-refractivity contribution in [3.63, 3.8) is 0 Å². The van der Waals surface area contributed by atoms with E-state index in [1.54, 1.807) is 0 Å². The van der Waals surface area contributed by atoms with Gasteiger partial charge in [0.25, 0.3) is 0 Å². The molecule has 1 heterocycles. The minimum atomic E-state index is 0.432. The lowest BCUT2D eigenvalue weighted by Gasteiger charge is -2.33. The largest absolute Gasteiger partial charge is 0.367 e. The van der Waals surface area contributed by atoms with Crippen LogP contribution in [-0.4, -0.2) is 22.1 Å². The summed E-state index contributed by atoms with van der Waals surface area (Å²) in [7, 11) is 0. The highest BCUT2D eigenvalue weighted by molar-refractivity contribution is 5.90. The van der Waals surface area contributed by atoms with Crippen molar-refractivity contribution < 1.29 is 0 Å². The molecule has 132 valence electrons. The van der Waals surface area contributed by atoms with E-state index in [-0.39, 0.29) is 0 Å². The van der Waals surface area contributed by atoms with Gasteiger partial charge < -0.3 is 9.88 Å². The first-order valence-electron chi connectivity index (χ1n) is 8.95. The number of aromatic nitrogens is 2. The molecular weight excluding hydrogens is 320 g/mol. The van der Waals surface area contributed by atoms with E-state index in [0.29, 0.717) is 23.5 Å². The molecule has 0 saturated heterocycles. The van der Waals surface area contributed by atoms with Crippen LogP contribution in [0.4, 0.5) is 5.69 Å². The standard InChI is InChI=1S/C22H24N4/c1-15(2)26(16(3)4)19-11-9-17(10-12-19)13-18(14-23)22-24-20-7-5-6-8-21(20)25-22/h5-13,15-16H,1-4H3,(H,24,25)/b18-13+. The Kier molecular flexibility index (Phi) is 5.09. The van der Waals surface area contributed by atoms with Crippen LogP contribution in [-0.2, 0) is 0 Å². The highest BCUT2D eigenvalue weighted by Crippen LogP contribution is 2.23. The Balaban J connectivity index is 1.91. The van der Waals surface area contributed by atoms with Gasteiger partial charge in [-0.2, -0.15) is 5.26 Å². The summed E-state index contributed by atoms with van der Waals surface area (Å²) in [6.07, 6.45) is 1.87. The highest BCUT2D eigenvalue weighted by Gasteiger charge is 2.14. The fraction of sp³-hybridized carbons (Fsp3) is 0.273. The van der Waals surface area contributed by atoms with E-state index in [9.17, 15) is 5.26 Å². The fourth-order valence-corrected chi connectivity index (χ4v) is 3.34. The van der Waals surface area contributed by atoms with E-state index in [2.05, 4.69) is 60.8 Å². The zero-order valence-corrected chi connectivity index (χ0v) is 15.7. The Morgan fingerprint density at radius 2 is 1.69 bits per heavy atom. The Morgan fingerprint density at radius 1 is 1.04 bits per heavy atom. The van der Waals surface area contributed by atoms with Crippen LogP contribution in [0.2, 0.25) is 0 Å². The number of fused-ring (bicyclic) bond motifs is 1. The number of nitrogens with zero attached hydrogens (tertiary/aromatic N) is 3. The molecule has 2 aromatic carbocycles. The lowest BCUT2D eigenvalue weighted by atomic mass is 10.1. The molecule has 0 unspecified atom stereocenters. The average molecular weight is 344 g/mol. The van der Waals surface area contributed by atoms with Gasteiger partial charge in [-0.1, -0.05) is 24.3 Å². The first-order chi connectivity index (χ1) is 12.5. The van der Waals surface area contributed by atoms with E-state index in [0.717, 1.165) is 16.6 Å². The molecular formula is C22H24N4. The van der Waals surface area contributed by atoms with E-state index in [1.165, 1.54) is 5.69 Å². The maximum absolute atomic E-state index is 9.57. The van der Waals surface area contributed by atoms with Crippen molar-refractivity contribution in [3.8, 4) is 6.07 Å². The minimum absolute atomic E-state index is 0.432. The topological polar surface area (TPSA) is 55.7 Å². The summed E-state index contributed by atoms with van der Waals surface area (Å²) in [6, 6.07) is 19.2. The summed E-state index contributed by atoms with van der Waals surface area (Å²) in [5, 5.41) is 9.57. The quantitative estimate of drug-likeness (QED) is 0.643. The van der Waals surface area contributed by atoms with Crippen molar-refractivity contribution in [2.24, 2.45) is 0 Å². The Labute approximate surface area is 154 Å². The van der Waals surface area contributed by atoms with E-state index < -0.39 is 0 Å². The van der Waals surface area contributed by atoms with Gasteiger partial charge in [-0.15, -0.1) is 0 Å². The SMILES string of the molecule is CC(C)N(c1ccc(/C=C(\C#N)c2nc3ccccc3[nH]2)cc1)C(C)C. The van der Waals surface area contributed by atoms with E-state index in [4.69, 9.17) is 0 Å². The molecule has 0 aliphatic rings. The zero-order valence-electron chi connectivity index (χ0n) is 15.7. The number of imidazole rings is 1. The van der Waals surface area contributed by atoms with Crippen molar-refractivity contribution >= 4 is 28.4 Å². The number of aromatic amines is 1. The highest BCUT2D eigenvalue weighted by atomic mass is 15.2. The smallest absolute Gasteiger partial charge is 0.149 e. The lowest BCUT2D eigenvalue weighted by Crippen LogP contribution is -2.36. The molecule has 0 aliphatic heterocycles. The summed E-state index contributed by atoms with van der Waals surface area (Å²) in [4.78, 5) is 10.1. The maximum atomic E-state index is 9.57. The molecule has 0 aliphatic carbocycles. The number of benzene rings is 2. The predicted molar refractivity (Wildman–Crippen MR) is 109 cm³/mol. The summed E-state index contributed by atoms with van der Waals surface area (Å²) < 4.78 is 0. The molecule has 0 atom stereocenters. The number of nitrogens with one attached hydrogen (secondary N) is 1. The Morgan fingerprint density at radius 3 is 2.27 bits per heavy atom. The maximum Gasteiger partial charge on any atom is 0.149 e. The number of rotatable bonds is 5. The zero-order chi connectivity index (χ0) is 18.7. The molecule has 0 radical (unpaired) electrons. The normalized spacial score (nSPS) is 12.0. The van der Waals surface area contributed by atoms with Gasteiger partial charge in [0.1, 0.15) is 11.9 Å². The Bertz CT molecular complexity index is 915. The van der Waals surface area contributed by atoms with Crippen molar-refractivity contribution in [1.29, 1.82) is 5.26 Å². The van der Waals surface area contributed by atoms with E-state index >= 15 is 0 Å². The number of allylic oxidation sites excluding steroid dienone is 1. The molecule has 0 bridgehead atoms. The van der Waals surface area contributed by atoms with Gasteiger partial charge in [0.05, 0.1) is 16.6 Å². The molecule has 0 fully saturated rings. The fourth-order valence-electron chi connectivity index (χ4n) is 3.34. The van der Waals surface area contributed by atoms with Crippen molar-refractivity contribution in [3.05, 3.63) is 59.9 Å². The molecule has 4 heteroatoms. The average Bonchev–Trinajstić information content (AvgIpc) is 3.04. The molecule has 0 spiro atoms. The van der Waals surface area contributed by atoms with Crippen LogP contribution in [0, 0.1) is 11.3 Å². The number of para-hydroxylation sites is 2. The van der Waals surface area contributed by atoms with Crippen LogP contribution < -0.4 is 4.90 Å². The monoisotopic (exact) mass is 344 g/mol. The van der Waals surface area contributed by atoms with Crippen LogP contribution in [0.1, 0.15) is 39.1 Å². The molecule has 0 amide bonds. The van der Waals surface area contributed by atoms with Gasteiger partial charge in [0.15, 0.2) is 0 Å². The number of H-pyrrole nitrogens is 1. The van der Waals surface area contributed by atoms with Crippen molar-refractivity contribution in [1.82, 2.24) is 9.97 Å². The third-order valence-electron chi connectivity index (χ3n) is 4.38. The van der Waals surface area contributed by atoms with Gasteiger partial charge >= 0.3 is 0 Å². The summed E-state index contributed by atoms with van der Waals surface area (Å²) >= 11 is 0. The second kappa shape index (κ2) is 7.45. The summed E-state index contributed by atoms with van der Waals surface area (Å²) in [5.41, 5.74) is 4.50. The molecule has 1 N–H and O–H groups in total. The van der Waals surface area contributed by atoms with Crippen LogP contribution in [0.3, 0.4) is 0 Å². The van der Waals surface area contributed by atoms with Gasteiger partial charge in [-0.05, 0) is 63.6 Å². The third-order valence-corrected chi connectivity index (χ3v) is 4.38. The lowest BCUT2D eigenvalue weighted by molar-refractivity contribution is 0.608. The molecule has 3 aromatic rings. The van der Waals surface area contributed by atoms with Crippen LogP contribution in [0.25, 0.3) is 22.7 Å². The first-order valence-corrected chi connectivity index (χ1v) is 8.95. The van der Waals surface area contributed by atoms with Crippen LogP contribution in [0.15, 0.2) is 48.5 Å². The number of anilines is 1. The molecule has 1 aromatic heterocycles. The van der Waals surface area contributed by atoms with Gasteiger partial charge in [0.2, 0.25) is 0 Å². The third kappa shape index (κ3) is 3.62. The van der Waals surface area contributed by atoms with Gasteiger partial charge in [-0.3, -0.25) is 0 Å². The van der Waals surface area contributed by atoms with Crippen LogP contribution >= 0.6 is 0 Å². The van der Waals surface area contributed by atoms with Crippen LogP contribution in [0.5, 0.6) is 0 Å². The molecule has 26 heavy (non-hydrogen) atoms. The predicted octanol–water partition coefficient (Wildman–Crippen LogP) is 5.25. The van der Waals surface area contributed by atoms with Gasteiger partial charge in [-0.25, -0.2) is 4.98 Å². The number of hydrogen-bond acceptors (Lipinski definition) is 3. The van der Waals surface area contributed by atoms with Crippen molar-refractivity contribution in [2.45, 2.75) is 39.8 Å². The van der Waals surface area contributed by atoms with E-state index in [1.807, 2.05) is 42.5 Å².